The van der Waals surface area contributed by atoms with E-state index in [-0.39, 0.29) is 5.54 Å². The van der Waals surface area contributed by atoms with Gasteiger partial charge in [0.2, 0.25) is 0 Å². The summed E-state index contributed by atoms with van der Waals surface area (Å²) in [4.78, 5) is 4.23. The second kappa shape index (κ2) is 5.21. The molecule has 0 atom stereocenters. The molecule has 3 nitrogen and oxygen atoms in total. The number of aryl methyl sites for hydroxylation is 1. The van der Waals surface area contributed by atoms with E-state index in [1.807, 2.05) is 19.3 Å². The molecule has 0 aliphatic carbocycles. The van der Waals surface area contributed by atoms with Crippen LogP contribution in [0.1, 0.15) is 46.9 Å². The van der Waals surface area contributed by atoms with Crippen LogP contribution < -0.4 is 5.32 Å². The Morgan fingerprint density at radius 1 is 1.24 bits per heavy atom. The van der Waals surface area contributed by atoms with E-state index in [4.69, 9.17) is 0 Å². The number of nitrogens with zero attached hydrogens (tertiary/aromatic N) is 2. The molecule has 1 rings (SSSR count). The maximum Gasteiger partial charge on any atom is 0.105 e. The Morgan fingerprint density at radius 3 is 2.35 bits per heavy atom. The third-order valence-electron chi connectivity index (χ3n) is 2.85. The van der Waals surface area contributed by atoms with E-state index in [0.717, 1.165) is 18.9 Å². The lowest BCUT2D eigenvalue weighted by Crippen LogP contribution is -2.43. The number of imidazole rings is 1. The molecule has 0 bridgehead atoms. The fraction of sp³-hybridized carbons (Fsp3) is 0.786. The van der Waals surface area contributed by atoms with Gasteiger partial charge in [0.1, 0.15) is 5.82 Å². The molecule has 0 amide bonds. The number of hydrogen-bond acceptors (Lipinski definition) is 2. The van der Waals surface area contributed by atoms with Gasteiger partial charge in [0, 0.05) is 31.0 Å². The summed E-state index contributed by atoms with van der Waals surface area (Å²) in [5.74, 6) is 1.08. The summed E-state index contributed by atoms with van der Waals surface area (Å²) in [6.07, 6.45) is 5.06. The molecular weight excluding hydrogens is 210 g/mol. The number of rotatable bonds is 5. The summed E-state index contributed by atoms with van der Waals surface area (Å²) in [5, 5.41) is 3.63. The topological polar surface area (TPSA) is 29.9 Å². The van der Waals surface area contributed by atoms with Gasteiger partial charge in [0.25, 0.3) is 0 Å². The maximum absolute atomic E-state index is 4.23. The Labute approximate surface area is 106 Å². The van der Waals surface area contributed by atoms with Crippen molar-refractivity contribution in [1.82, 2.24) is 14.9 Å². The fourth-order valence-electron chi connectivity index (χ4n) is 2.54. The van der Waals surface area contributed by atoms with Crippen molar-refractivity contribution in [3.8, 4) is 0 Å². The van der Waals surface area contributed by atoms with E-state index in [1.165, 1.54) is 6.42 Å². The van der Waals surface area contributed by atoms with Gasteiger partial charge in [0.15, 0.2) is 0 Å². The van der Waals surface area contributed by atoms with Crippen LogP contribution in [0.25, 0.3) is 0 Å². The van der Waals surface area contributed by atoms with Crippen LogP contribution >= 0.6 is 0 Å². The smallest absolute Gasteiger partial charge is 0.105 e. The molecule has 3 heteroatoms. The van der Waals surface area contributed by atoms with Crippen LogP contribution in [0.3, 0.4) is 0 Å². The molecule has 0 radical (unpaired) electrons. The fourth-order valence-corrected chi connectivity index (χ4v) is 2.54. The third-order valence-corrected chi connectivity index (χ3v) is 2.85. The molecule has 0 saturated heterocycles. The highest BCUT2D eigenvalue weighted by Crippen LogP contribution is 2.26. The lowest BCUT2D eigenvalue weighted by molar-refractivity contribution is 0.240. The minimum absolute atomic E-state index is 0.187. The summed E-state index contributed by atoms with van der Waals surface area (Å²) in [5.41, 5.74) is 0.550. The first kappa shape index (κ1) is 14.2. The van der Waals surface area contributed by atoms with E-state index in [1.54, 1.807) is 0 Å². The predicted octanol–water partition coefficient (Wildman–Crippen LogP) is 3.00. The van der Waals surface area contributed by atoms with E-state index < -0.39 is 0 Å². The normalized spacial score (nSPS) is 13.1. The third kappa shape index (κ3) is 5.35. The van der Waals surface area contributed by atoms with Gasteiger partial charge in [-0.25, -0.2) is 4.98 Å². The molecule has 1 heterocycles. The molecule has 1 aromatic heterocycles. The highest BCUT2D eigenvalue weighted by atomic mass is 15.1. The summed E-state index contributed by atoms with van der Waals surface area (Å²) in [6, 6.07) is 0. The number of hydrogen-bond donors (Lipinski definition) is 1. The van der Waals surface area contributed by atoms with Crippen LogP contribution in [0.4, 0.5) is 0 Å². The van der Waals surface area contributed by atoms with Crippen LogP contribution in [0.15, 0.2) is 12.4 Å². The largest absolute Gasteiger partial charge is 0.334 e. The molecule has 98 valence electrons. The quantitative estimate of drug-likeness (QED) is 0.853. The van der Waals surface area contributed by atoms with Crippen LogP contribution in [0.5, 0.6) is 0 Å². The second-order valence-electron chi connectivity index (χ2n) is 6.72. The van der Waals surface area contributed by atoms with Gasteiger partial charge in [-0.15, -0.1) is 0 Å². The zero-order chi connectivity index (χ0) is 13.1. The van der Waals surface area contributed by atoms with Crippen molar-refractivity contribution in [2.24, 2.45) is 5.41 Å². The molecule has 0 fully saturated rings. The maximum atomic E-state index is 4.23. The molecule has 1 N–H and O–H groups in total. The Bertz CT molecular complexity index is 345. The van der Waals surface area contributed by atoms with Crippen molar-refractivity contribution in [2.75, 3.05) is 6.54 Å². The summed E-state index contributed by atoms with van der Waals surface area (Å²) >= 11 is 0. The highest BCUT2D eigenvalue weighted by Gasteiger charge is 2.24. The molecular formula is C14H27N3. The van der Waals surface area contributed by atoms with Crippen molar-refractivity contribution in [1.29, 1.82) is 0 Å². The summed E-state index contributed by atoms with van der Waals surface area (Å²) in [6.45, 7) is 15.4. The minimum atomic E-state index is 0.187. The van der Waals surface area contributed by atoms with Crippen LogP contribution in [0, 0.1) is 12.3 Å². The van der Waals surface area contributed by atoms with Crippen LogP contribution in [-0.4, -0.2) is 21.6 Å². The van der Waals surface area contributed by atoms with Crippen LogP contribution in [0.2, 0.25) is 0 Å². The van der Waals surface area contributed by atoms with Gasteiger partial charge in [-0.05, 0) is 32.6 Å². The van der Waals surface area contributed by atoms with E-state index in [9.17, 15) is 0 Å². The Kier molecular flexibility index (Phi) is 4.36. The molecule has 0 aromatic carbocycles. The summed E-state index contributed by atoms with van der Waals surface area (Å²) < 4.78 is 2.18. The SMILES string of the molecule is Cc1nccn1CCNC(C)(C)CC(C)(C)C. The lowest BCUT2D eigenvalue weighted by atomic mass is 9.82. The van der Waals surface area contributed by atoms with Gasteiger partial charge in [-0.1, -0.05) is 20.8 Å². The standard InChI is InChI=1S/C14H27N3/c1-12-15-7-9-17(12)10-8-16-14(5,6)11-13(2,3)4/h7,9,16H,8,10-11H2,1-6H3. The first-order chi connectivity index (χ1) is 7.70. The van der Waals surface area contributed by atoms with Gasteiger partial charge >= 0.3 is 0 Å². The molecule has 0 spiro atoms. The van der Waals surface area contributed by atoms with Gasteiger partial charge in [-0.2, -0.15) is 0 Å². The molecule has 0 aliphatic heterocycles. The van der Waals surface area contributed by atoms with E-state index in [0.29, 0.717) is 5.41 Å². The first-order valence-corrected chi connectivity index (χ1v) is 6.42. The molecule has 17 heavy (non-hydrogen) atoms. The van der Waals surface area contributed by atoms with Crippen molar-refractivity contribution in [3.05, 3.63) is 18.2 Å². The minimum Gasteiger partial charge on any atom is -0.334 e. The Balaban J connectivity index is 2.38. The predicted molar refractivity (Wildman–Crippen MR) is 73.1 cm³/mol. The van der Waals surface area contributed by atoms with Crippen LogP contribution in [-0.2, 0) is 6.54 Å². The first-order valence-electron chi connectivity index (χ1n) is 6.42. The van der Waals surface area contributed by atoms with E-state index >= 15 is 0 Å². The average molecular weight is 237 g/mol. The van der Waals surface area contributed by atoms with Crippen molar-refractivity contribution in [2.45, 2.75) is 60.0 Å². The van der Waals surface area contributed by atoms with Crippen molar-refractivity contribution >= 4 is 0 Å². The highest BCUT2D eigenvalue weighted by molar-refractivity contribution is 4.89. The number of aromatic nitrogens is 2. The van der Waals surface area contributed by atoms with Gasteiger partial charge < -0.3 is 9.88 Å². The Hall–Kier alpha value is -0.830. The second-order valence-corrected chi connectivity index (χ2v) is 6.72. The van der Waals surface area contributed by atoms with Crippen molar-refractivity contribution in [3.63, 3.8) is 0 Å². The average Bonchev–Trinajstić information content (AvgIpc) is 2.47. The molecule has 0 unspecified atom stereocenters. The van der Waals surface area contributed by atoms with Crippen molar-refractivity contribution < 1.29 is 0 Å². The lowest BCUT2D eigenvalue weighted by Gasteiger charge is -2.33. The van der Waals surface area contributed by atoms with E-state index in [2.05, 4.69) is 49.5 Å². The van der Waals surface area contributed by atoms with Gasteiger partial charge in [0.05, 0.1) is 0 Å². The molecule has 0 aliphatic rings. The Morgan fingerprint density at radius 2 is 1.88 bits per heavy atom. The summed E-state index contributed by atoms with van der Waals surface area (Å²) in [7, 11) is 0. The van der Waals surface area contributed by atoms with Gasteiger partial charge in [-0.3, -0.25) is 0 Å². The monoisotopic (exact) mass is 237 g/mol. The number of nitrogens with one attached hydrogen (secondary N) is 1. The molecule has 1 aromatic rings. The molecule has 0 saturated carbocycles. The zero-order valence-corrected chi connectivity index (χ0v) is 12.2. The zero-order valence-electron chi connectivity index (χ0n) is 12.2.